The zero-order chi connectivity index (χ0) is 16.9. The molecule has 0 unspecified atom stereocenters. The minimum atomic E-state index is -0.0901. The summed E-state index contributed by atoms with van der Waals surface area (Å²) in [5.41, 5.74) is 1.77. The summed E-state index contributed by atoms with van der Waals surface area (Å²) < 4.78 is 0. The van der Waals surface area contributed by atoms with E-state index in [9.17, 15) is 9.59 Å². The monoisotopic (exact) mass is 363 g/mol. The van der Waals surface area contributed by atoms with Crippen LogP contribution in [0.5, 0.6) is 0 Å². The van der Waals surface area contributed by atoms with E-state index in [2.05, 4.69) is 15.6 Å². The first-order valence-electron chi connectivity index (χ1n) is 7.91. The van der Waals surface area contributed by atoms with Gasteiger partial charge in [-0.3, -0.25) is 9.59 Å². The van der Waals surface area contributed by atoms with Crippen LogP contribution in [0.25, 0.3) is 11.3 Å². The Morgan fingerprint density at radius 2 is 2.00 bits per heavy atom. The molecule has 1 aromatic heterocycles. The van der Waals surface area contributed by atoms with Crippen LogP contribution in [0.4, 0.5) is 5.13 Å². The van der Waals surface area contributed by atoms with Gasteiger partial charge in [0.1, 0.15) is 0 Å². The van der Waals surface area contributed by atoms with Gasteiger partial charge < -0.3 is 10.6 Å². The Balaban J connectivity index is 1.43. The van der Waals surface area contributed by atoms with Crippen LogP contribution in [-0.4, -0.2) is 23.3 Å². The Hall–Kier alpha value is -1.92. The van der Waals surface area contributed by atoms with Crippen molar-refractivity contribution in [3.63, 3.8) is 0 Å². The van der Waals surface area contributed by atoms with Crippen molar-refractivity contribution in [3.05, 3.63) is 34.7 Å². The highest BCUT2D eigenvalue weighted by Gasteiger charge is 2.28. The van der Waals surface area contributed by atoms with Crippen LogP contribution < -0.4 is 10.6 Å². The number of nitrogens with one attached hydrogen (secondary N) is 2. The van der Waals surface area contributed by atoms with E-state index >= 15 is 0 Å². The highest BCUT2D eigenvalue weighted by Crippen LogP contribution is 2.28. The Morgan fingerprint density at radius 3 is 2.71 bits per heavy atom. The largest absolute Gasteiger partial charge is 0.356 e. The lowest BCUT2D eigenvalue weighted by Crippen LogP contribution is -2.26. The van der Waals surface area contributed by atoms with Gasteiger partial charge in [-0.05, 0) is 31.4 Å². The lowest BCUT2D eigenvalue weighted by atomic mass is 10.2. The first kappa shape index (κ1) is 16.9. The minimum Gasteiger partial charge on any atom is -0.356 e. The van der Waals surface area contributed by atoms with E-state index in [1.807, 2.05) is 29.6 Å². The van der Waals surface area contributed by atoms with E-state index in [-0.39, 0.29) is 17.7 Å². The zero-order valence-corrected chi connectivity index (χ0v) is 14.6. The van der Waals surface area contributed by atoms with Gasteiger partial charge in [0.05, 0.1) is 5.69 Å². The normalized spacial score (nSPS) is 13.5. The Morgan fingerprint density at radius 1 is 1.25 bits per heavy atom. The maximum absolute atomic E-state index is 11.9. The molecule has 126 valence electrons. The number of hydrogen-bond donors (Lipinski definition) is 2. The molecule has 24 heavy (non-hydrogen) atoms. The molecule has 0 radical (unpaired) electrons. The standard InChI is InChI=1S/C17H18ClN3O2S/c18-13-7-5-11(6-8-13)14-10-24-17(20-14)21-15(22)2-1-9-19-16(23)12-3-4-12/h5-8,10,12H,1-4,9H2,(H,19,23)(H,20,21,22). The number of nitrogens with zero attached hydrogens (tertiary/aromatic N) is 1. The second-order valence-corrected chi connectivity index (χ2v) is 7.06. The van der Waals surface area contributed by atoms with Crippen molar-refractivity contribution in [1.29, 1.82) is 0 Å². The summed E-state index contributed by atoms with van der Waals surface area (Å²) in [7, 11) is 0. The summed E-state index contributed by atoms with van der Waals surface area (Å²) in [5, 5.41) is 8.80. The molecule has 0 bridgehead atoms. The number of amides is 2. The van der Waals surface area contributed by atoms with Crippen LogP contribution in [0.2, 0.25) is 5.02 Å². The molecule has 1 fully saturated rings. The fourth-order valence-electron chi connectivity index (χ4n) is 2.22. The van der Waals surface area contributed by atoms with Gasteiger partial charge in [0, 0.05) is 34.8 Å². The van der Waals surface area contributed by atoms with Gasteiger partial charge in [-0.25, -0.2) is 4.98 Å². The molecule has 3 rings (SSSR count). The molecule has 2 N–H and O–H groups in total. The zero-order valence-electron chi connectivity index (χ0n) is 13.0. The summed E-state index contributed by atoms with van der Waals surface area (Å²) in [4.78, 5) is 27.8. The van der Waals surface area contributed by atoms with Gasteiger partial charge in [-0.2, -0.15) is 0 Å². The third kappa shape index (κ3) is 4.79. The Kier molecular flexibility index (Phi) is 5.48. The van der Waals surface area contributed by atoms with Crippen molar-refractivity contribution in [1.82, 2.24) is 10.3 Å². The van der Waals surface area contributed by atoms with Crippen molar-refractivity contribution in [3.8, 4) is 11.3 Å². The van der Waals surface area contributed by atoms with Gasteiger partial charge in [-0.15, -0.1) is 11.3 Å². The van der Waals surface area contributed by atoms with Gasteiger partial charge >= 0.3 is 0 Å². The second kappa shape index (κ2) is 7.77. The molecule has 1 saturated carbocycles. The summed E-state index contributed by atoms with van der Waals surface area (Å²) in [5.74, 6) is 0.232. The van der Waals surface area contributed by atoms with Crippen LogP contribution in [0.1, 0.15) is 25.7 Å². The van der Waals surface area contributed by atoms with Crippen molar-refractivity contribution in [2.75, 3.05) is 11.9 Å². The molecule has 2 aromatic rings. The molecule has 1 aliphatic carbocycles. The number of carbonyl (C=O) groups excluding carboxylic acids is 2. The molecule has 0 spiro atoms. The smallest absolute Gasteiger partial charge is 0.226 e. The van der Waals surface area contributed by atoms with Crippen LogP contribution in [0.3, 0.4) is 0 Å². The first-order valence-corrected chi connectivity index (χ1v) is 9.16. The van der Waals surface area contributed by atoms with Crippen LogP contribution in [0.15, 0.2) is 29.6 Å². The summed E-state index contributed by atoms with van der Waals surface area (Å²) in [6.07, 6.45) is 2.97. The van der Waals surface area contributed by atoms with Gasteiger partial charge in [0.2, 0.25) is 11.8 Å². The molecule has 7 heteroatoms. The highest BCUT2D eigenvalue weighted by molar-refractivity contribution is 7.14. The van der Waals surface area contributed by atoms with Crippen molar-refractivity contribution in [2.24, 2.45) is 5.92 Å². The van der Waals surface area contributed by atoms with Gasteiger partial charge in [0.15, 0.2) is 5.13 Å². The fraction of sp³-hybridized carbons (Fsp3) is 0.353. The fourth-order valence-corrected chi connectivity index (χ4v) is 3.08. The third-order valence-electron chi connectivity index (χ3n) is 3.72. The van der Waals surface area contributed by atoms with Crippen molar-refractivity contribution in [2.45, 2.75) is 25.7 Å². The summed E-state index contributed by atoms with van der Waals surface area (Å²) >= 11 is 7.26. The highest BCUT2D eigenvalue weighted by atomic mass is 35.5. The van der Waals surface area contributed by atoms with E-state index in [1.165, 1.54) is 11.3 Å². The van der Waals surface area contributed by atoms with Crippen LogP contribution >= 0.6 is 22.9 Å². The van der Waals surface area contributed by atoms with Gasteiger partial charge in [0.25, 0.3) is 0 Å². The number of aromatic nitrogens is 1. The number of rotatable bonds is 7. The third-order valence-corrected chi connectivity index (χ3v) is 4.73. The number of benzene rings is 1. The molecule has 0 saturated heterocycles. The summed E-state index contributed by atoms with van der Waals surface area (Å²) in [6, 6.07) is 7.41. The average molecular weight is 364 g/mol. The quantitative estimate of drug-likeness (QED) is 0.736. The molecule has 1 heterocycles. The Labute approximate surface area is 149 Å². The average Bonchev–Trinajstić information content (AvgIpc) is 3.32. The molecule has 5 nitrogen and oxygen atoms in total. The molecular formula is C17H18ClN3O2S. The number of carbonyl (C=O) groups is 2. The van der Waals surface area contributed by atoms with E-state index < -0.39 is 0 Å². The maximum Gasteiger partial charge on any atom is 0.226 e. The lowest BCUT2D eigenvalue weighted by molar-refractivity contribution is -0.122. The molecule has 1 aliphatic rings. The topological polar surface area (TPSA) is 71.1 Å². The Bertz CT molecular complexity index is 726. The molecule has 2 amide bonds. The lowest BCUT2D eigenvalue weighted by Gasteiger charge is -2.04. The SMILES string of the molecule is O=C(CCCNC(=O)C1CC1)Nc1nc(-c2ccc(Cl)cc2)cs1. The second-order valence-electron chi connectivity index (χ2n) is 5.76. The molecule has 0 atom stereocenters. The van der Waals surface area contributed by atoms with E-state index in [0.29, 0.717) is 29.5 Å². The maximum atomic E-state index is 11.9. The van der Waals surface area contributed by atoms with E-state index in [1.54, 1.807) is 0 Å². The van der Waals surface area contributed by atoms with E-state index in [4.69, 9.17) is 11.6 Å². The van der Waals surface area contributed by atoms with Crippen LogP contribution in [-0.2, 0) is 9.59 Å². The predicted molar refractivity (Wildman–Crippen MR) is 96.2 cm³/mol. The van der Waals surface area contributed by atoms with Gasteiger partial charge in [-0.1, -0.05) is 23.7 Å². The molecular weight excluding hydrogens is 346 g/mol. The molecule has 0 aliphatic heterocycles. The minimum absolute atomic E-state index is 0.0901. The van der Waals surface area contributed by atoms with Crippen LogP contribution in [0, 0.1) is 5.92 Å². The summed E-state index contributed by atoms with van der Waals surface area (Å²) in [6.45, 7) is 0.538. The van der Waals surface area contributed by atoms with Crippen molar-refractivity contribution >= 4 is 39.9 Å². The van der Waals surface area contributed by atoms with Crippen molar-refractivity contribution < 1.29 is 9.59 Å². The molecule has 1 aromatic carbocycles. The predicted octanol–water partition coefficient (Wildman–Crippen LogP) is 3.71. The number of thiazole rings is 1. The number of hydrogen-bond acceptors (Lipinski definition) is 4. The first-order chi connectivity index (χ1) is 11.6. The van der Waals surface area contributed by atoms with E-state index in [0.717, 1.165) is 24.1 Å². The number of anilines is 1. The number of halogens is 1.